The zero-order valence-corrected chi connectivity index (χ0v) is 7.97. The maximum Gasteiger partial charge on any atom is 0.318 e. The highest BCUT2D eigenvalue weighted by molar-refractivity contribution is 5.49. The molecule has 0 amide bonds. The molecule has 14 heavy (non-hydrogen) atoms. The SMILES string of the molecule is C=C1C(N)C2CN(c3nnc(C)o3)C12. The predicted octanol–water partition coefficient (Wildman–Crippen LogP) is 0.0799. The van der Waals surface area contributed by atoms with Crippen molar-refractivity contribution in [3.05, 3.63) is 18.0 Å². The van der Waals surface area contributed by atoms with Crippen molar-refractivity contribution in [1.82, 2.24) is 10.2 Å². The lowest BCUT2D eigenvalue weighted by atomic mass is 9.64. The van der Waals surface area contributed by atoms with Crippen molar-refractivity contribution in [2.24, 2.45) is 11.7 Å². The monoisotopic (exact) mass is 192 g/mol. The van der Waals surface area contributed by atoms with Gasteiger partial charge in [0.05, 0.1) is 6.04 Å². The number of rotatable bonds is 1. The minimum atomic E-state index is 0.167. The van der Waals surface area contributed by atoms with Crippen molar-refractivity contribution in [1.29, 1.82) is 0 Å². The third-order valence-corrected chi connectivity index (χ3v) is 3.18. The van der Waals surface area contributed by atoms with E-state index in [1.807, 2.05) is 0 Å². The van der Waals surface area contributed by atoms with Gasteiger partial charge in [-0.3, -0.25) is 0 Å². The van der Waals surface area contributed by atoms with Crippen LogP contribution in [0.3, 0.4) is 0 Å². The molecule has 0 aromatic carbocycles. The number of hydrogen-bond donors (Lipinski definition) is 1. The van der Waals surface area contributed by atoms with Crippen LogP contribution in [0, 0.1) is 12.8 Å². The van der Waals surface area contributed by atoms with E-state index in [0.29, 0.717) is 23.9 Å². The molecule has 0 radical (unpaired) electrons. The van der Waals surface area contributed by atoms with Gasteiger partial charge in [-0.15, -0.1) is 5.10 Å². The topological polar surface area (TPSA) is 68.2 Å². The number of fused-ring (bicyclic) bond motifs is 1. The van der Waals surface area contributed by atoms with Gasteiger partial charge in [-0.05, 0) is 5.57 Å². The molecule has 1 aromatic rings. The van der Waals surface area contributed by atoms with E-state index in [1.165, 1.54) is 0 Å². The highest BCUT2D eigenvalue weighted by atomic mass is 16.4. The third-order valence-electron chi connectivity index (χ3n) is 3.18. The van der Waals surface area contributed by atoms with Gasteiger partial charge < -0.3 is 15.1 Å². The summed E-state index contributed by atoms with van der Waals surface area (Å²) >= 11 is 0. The van der Waals surface area contributed by atoms with Gasteiger partial charge in [-0.25, -0.2) is 0 Å². The number of nitrogens with zero attached hydrogens (tertiary/aromatic N) is 3. The first-order valence-corrected chi connectivity index (χ1v) is 4.69. The van der Waals surface area contributed by atoms with Crippen LogP contribution in [0.1, 0.15) is 5.89 Å². The highest BCUT2D eigenvalue weighted by Crippen LogP contribution is 2.45. The highest BCUT2D eigenvalue weighted by Gasteiger charge is 2.55. The zero-order chi connectivity index (χ0) is 9.87. The maximum absolute atomic E-state index is 5.86. The summed E-state index contributed by atoms with van der Waals surface area (Å²) in [5.74, 6) is 1.13. The van der Waals surface area contributed by atoms with Gasteiger partial charge in [0, 0.05) is 25.4 Å². The molecule has 0 bridgehead atoms. The fraction of sp³-hybridized carbons (Fsp3) is 0.556. The van der Waals surface area contributed by atoms with Crippen LogP contribution in [0.2, 0.25) is 0 Å². The molecule has 5 heteroatoms. The maximum atomic E-state index is 5.86. The summed E-state index contributed by atoms with van der Waals surface area (Å²) in [4.78, 5) is 2.07. The second-order valence-corrected chi connectivity index (χ2v) is 3.97. The first kappa shape index (κ1) is 7.99. The molecule has 74 valence electrons. The smallest absolute Gasteiger partial charge is 0.318 e. The predicted molar refractivity (Wildman–Crippen MR) is 50.8 cm³/mol. The molecule has 1 aromatic heterocycles. The van der Waals surface area contributed by atoms with Crippen LogP contribution in [0.15, 0.2) is 16.6 Å². The fourth-order valence-electron chi connectivity index (χ4n) is 2.27. The van der Waals surface area contributed by atoms with Crippen molar-refractivity contribution >= 4 is 6.01 Å². The molecular weight excluding hydrogens is 180 g/mol. The molecule has 1 saturated carbocycles. The molecule has 2 aliphatic rings. The van der Waals surface area contributed by atoms with Gasteiger partial charge in [0.2, 0.25) is 5.89 Å². The quantitative estimate of drug-likeness (QED) is 0.638. The van der Waals surface area contributed by atoms with Crippen LogP contribution >= 0.6 is 0 Å². The van der Waals surface area contributed by atoms with E-state index in [0.717, 1.165) is 12.1 Å². The van der Waals surface area contributed by atoms with Gasteiger partial charge in [0.1, 0.15) is 0 Å². The largest absolute Gasteiger partial charge is 0.408 e. The number of anilines is 1. The van der Waals surface area contributed by atoms with Crippen LogP contribution in [-0.2, 0) is 0 Å². The molecule has 2 fully saturated rings. The van der Waals surface area contributed by atoms with Crippen molar-refractivity contribution in [3.8, 4) is 0 Å². The van der Waals surface area contributed by atoms with E-state index >= 15 is 0 Å². The minimum absolute atomic E-state index is 0.167. The van der Waals surface area contributed by atoms with Crippen LogP contribution in [-0.4, -0.2) is 28.8 Å². The van der Waals surface area contributed by atoms with Crippen molar-refractivity contribution in [2.45, 2.75) is 19.0 Å². The molecular formula is C9H12N4O. The van der Waals surface area contributed by atoms with Crippen molar-refractivity contribution in [3.63, 3.8) is 0 Å². The zero-order valence-electron chi connectivity index (χ0n) is 7.97. The molecule has 1 saturated heterocycles. The Balaban J connectivity index is 1.82. The molecule has 5 nitrogen and oxygen atoms in total. The van der Waals surface area contributed by atoms with Crippen LogP contribution < -0.4 is 10.6 Å². The Hall–Kier alpha value is -1.36. The van der Waals surface area contributed by atoms with Gasteiger partial charge in [0.25, 0.3) is 0 Å². The summed E-state index contributed by atoms with van der Waals surface area (Å²) in [5.41, 5.74) is 6.94. The van der Waals surface area contributed by atoms with E-state index in [2.05, 4.69) is 21.7 Å². The lowest BCUT2D eigenvalue weighted by molar-refractivity contribution is 0.193. The molecule has 2 N–H and O–H groups in total. The molecule has 3 rings (SSSR count). The first-order chi connectivity index (χ1) is 6.68. The number of hydrogen-bond acceptors (Lipinski definition) is 5. The summed E-state index contributed by atoms with van der Waals surface area (Å²) < 4.78 is 5.35. The van der Waals surface area contributed by atoms with E-state index in [4.69, 9.17) is 10.2 Å². The molecule has 0 spiro atoms. The summed E-state index contributed by atoms with van der Waals surface area (Å²) in [6, 6.07) is 1.10. The summed E-state index contributed by atoms with van der Waals surface area (Å²) in [5, 5.41) is 7.77. The Kier molecular flexibility index (Phi) is 1.35. The van der Waals surface area contributed by atoms with Crippen LogP contribution in [0.5, 0.6) is 0 Å². The Bertz CT molecular complexity index is 399. The van der Waals surface area contributed by atoms with Gasteiger partial charge in [-0.1, -0.05) is 11.7 Å². The molecule has 3 unspecified atom stereocenters. The summed E-state index contributed by atoms with van der Waals surface area (Å²) in [6.07, 6.45) is 0. The molecule has 2 heterocycles. The number of aryl methyl sites for hydroxylation is 1. The van der Waals surface area contributed by atoms with Gasteiger partial charge in [-0.2, -0.15) is 0 Å². The van der Waals surface area contributed by atoms with Crippen LogP contribution in [0.4, 0.5) is 6.01 Å². The number of nitrogens with two attached hydrogens (primary N) is 1. The van der Waals surface area contributed by atoms with Crippen LogP contribution in [0.25, 0.3) is 0 Å². The second-order valence-electron chi connectivity index (χ2n) is 3.97. The van der Waals surface area contributed by atoms with E-state index < -0.39 is 0 Å². The van der Waals surface area contributed by atoms with E-state index in [9.17, 15) is 0 Å². The van der Waals surface area contributed by atoms with Gasteiger partial charge in [0.15, 0.2) is 0 Å². The van der Waals surface area contributed by atoms with Gasteiger partial charge >= 0.3 is 6.01 Å². The number of piperidine rings is 1. The molecule has 3 atom stereocenters. The first-order valence-electron chi connectivity index (χ1n) is 4.69. The Labute approximate surface area is 81.6 Å². The second kappa shape index (κ2) is 2.36. The summed E-state index contributed by atoms with van der Waals surface area (Å²) in [6.45, 7) is 6.65. The Morgan fingerprint density at radius 3 is 2.93 bits per heavy atom. The standard InChI is InChI=1S/C9H12N4O/c1-4-7(10)6-3-13(8(4)6)9-12-11-5(2)14-9/h6-8H,1,3,10H2,2H3. The van der Waals surface area contributed by atoms with Crippen molar-refractivity contribution < 1.29 is 4.42 Å². The lowest BCUT2D eigenvalue weighted by Gasteiger charge is -2.59. The van der Waals surface area contributed by atoms with E-state index in [-0.39, 0.29) is 6.04 Å². The van der Waals surface area contributed by atoms with Crippen molar-refractivity contribution in [2.75, 3.05) is 11.4 Å². The fourth-order valence-corrected chi connectivity index (χ4v) is 2.27. The molecule has 1 aliphatic heterocycles. The molecule has 1 aliphatic carbocycles. The number of aromatic nitrogens is 2. The van der Waals surface area contributed by atoms with E-state index in [1.54, 1.807) is 6.92 Å². The summed E-state index contributed by atoms with van der Waals surface area (Å²) in [7, 11) is 0. The average molecular weight is 192 g/mol. The Morgan fingerprint density at radius 2 is 2.36 bits per heavy atom. The Morgan fingerprint density at radius 1 is 1.57 bits per heavy atom. The third kappa shape index (κ3) is 0.778. The average Bonchev–Trinajstić information content (AvgIpc) is 2.50. The lowest BCUT2D eigenvalue weighted by Crippen LogP contribution is -2.73. The minimum Gasteiger partial charge on any atom is -0.408 e. The normalized spacial score (nSPS) is 34.9.